The van der Waals surface area contributed by atoms with Crippen molar-refractivity contribution in [3.05, 3.63) is 59.7 Å². The highest BCUT2D eigenvalue weighted by molar-refractivity contribution is 8.00. The Morgan fingerprint density at radius 2 is 1.39 bits per heavy atom. The van der Waals surface area contributed by atoms with Gasteiger partial charge < -0.3 is 9.80 Å². The van der Waals surface area contributed by atoms with E-state index in [1.165, 1.54) is 31.2 Å². The fraction of sp³-hybridized carbons (Fsp3) is 0.300. The molecule has 0 aliphatic carbocycles. The second-order valence-electron chi connectivity index (χ2n) is 6.45. The minimum Gasteiger partial charge on any atom is -0.368 e. The molecule has 28 heavy (non-hydrogen) atoms. The second kappa shape index (κ2) is 8.26. The Morgan fingerprint density at radius 1 is 0.857 bits per heavy atom. The summed E-state index contributed by atoms with van der Waals surface area (Å²) in [5, 5.41) is 0. The van der Waals surface area contributed by atoms with Crippen LogP contribution in [0, 0.1) is 0 Å². The highest BCUT2D eigenvalue weighted by Gasteiger charge is 2.29. The second-order valence-corrected chi connectivity index (χ2v) is 7.59. The van der Waals surface area contributed by atoms with Gasteiger partial charge in [0.05, 0.1) is 0 Å². The molecule has 0 aromatic heterocycles. The number of anilines is 1. The molecule has 0 bridgehead atoms. The summed E-state index contributed by atoms with van der Waals surface area (Å²) >= 11 is -0.195. The van der Waals surface area contributed by atoms with Crippen LogP contribution in [0.15, 0.2) is 53.4 Å². The summed E-state index contributed by atoms with van der Waals surface area (Å²) in [6.45, 7) is 3.85. The van der Waals surface area contributed by atoms with Gasteiger partial charge >= 0.3 is 5.51 Å². The molecular formula is C20H19F3N2O2S. The monoisotopic (exact) mass is 408 g/mol. The molecule has 0 unspecified atom stereocenters. The molecule has 0 atom stereocenters. The first-order valence-electron chi connectivity index (χ1n) is 8.74. The summed E-state index contributed by atoms with van der Waals surface area (Å²) in [6, 6.07) is 12.9. The van der Waals surface area contributed by atoms with Crippen LogP contribution in [0.4, 0.5) is 18.9 Å². The maximum absolute atomic E-state index is 12.6. The van der Waals surface area contributed by atoms with Crippen LogP contribution in [0.3, 0.4) is 0 Å². The number of carbonyl (C=O) groups is 2. The summed E-state index contributed by atoms with van der Waals surface area (Å²) in [7, 11) is 0. The number of Topliss-reactive ketones (excluding diaryl/α,β-unsaturated/α-hetero) is 1. The highest BCUT2D eigenvalue weighted by atomic mass is 32.2. The van der Waals surface area contributed by atoms with Crippen LogP contribution in [0.25, 0.3) is 0 Å². The van der Waals surface area contributed by atoms with Crippen LogP contribution in [0.5, 0.6) is 0 Å². The zero-order chi connectivity index (χ0) is 20.3. The van der Waals surface area contributed by atoms with Gasteiger partial charge in [-0.3, -0.25) is 9.59 Å². The molecule has 1 aliphatic rings. The Kier molecular flexibility index (Phi) is 5.98. The van der Waals surface area contributed by atoms with Crippen molar-refractivity contribution in [3.63, 3.8) is 0 Å². The van der Waals surface area contributed by atoms with Crippen molar-refractivity contribution in [2.45, 2.75) is 17.3 Å². The maximum atomic E-state index is 12.6. The quantitative estimate of drug-likeness (QED) is 0.553. The van der Waals surface area contributed by atoms with Crippen molar-refractivity contribution in [2.24, 2.45) is 0 Å². The molecule has 1 saturated heterocycles. The molecule has 1 amide bonds. The Hall–Kier alpha value is -2.48. The van der Waals surface area contributed by atoms with Gasteiger partial charge in [0.1, 0.15) is 0 Å². The summed E-state index contributed by atoms with van der Waals surface area (Å²) in [5.74, 6) is -0.170. The Bertz CT molecular complexity index is 843. The summed E-state index contributed by atoms with van der Waals surface area (Å²) in [4.78, 5) is 27.9. The lowest BCUT2D eigenvalue weighted by Crippen LogP contribution is -2.48. The number of amides is 1. The van der Waals surface area contributed by atoms with E-state index in [1.54, 1.807) is 17.0 Å². The number of thioether (sulfide) groups is 1. The van der Waals surface area contributed by atoms with E-state index in [0.717, 1.165) is 5.69 Å². The molecule has 1 aliphatic heterocycles. The van der Waals surface area contributed by atoms with Gasteiger partial charge in [0.15, 0.2) is 5.78 Å². The van der Waals surface area contributed by atoms with Crippen LogP contribution in [0.1, 0.15) is 27.6 Å². The van der Waals surface area contributed by atoms with Crippen molar-refractivity contribution in [1.82, 2.24) is 4.90 Å². The molecule has 1 heterocycles. The number of carbonyl (C=O) groups excluding carboxylic acids is 2. The third-order valence-electron chi connectivity index (χ3n) is 4.54. The number of halogens is 3. The van der Waals surface area contributed by atoms with E-state index in [2.05, 4.69) is 4.90 Å². The largest absolute Gasteiger partial charge is 0.446 e. The van der Waals surface area contributed by atoms with Gasteiger partial charge in [0, 0.05) is 47.9 Å². The van der Waals surface area contributed by atoms with Crippen molar-refractivity contribution >= 4 is 29.1 Å². The molecule has 2 aromatic carbocycles. The van der Waals surface area contributed by atoms with Gasteiger partial charge in [-0.2, -0.15) is 13.2 Å². The van der Waals surface area contributed by atoms with Crippen LogP contribution >= 0.6 is 11.8 Å². The minimum atomic E-state index is -4.34. The van der Waals surface area contributed by atoms with E-state index >= 15 is 0 Å². The van der Waals surface area contributed by atoms with Crippen molar-refractivity contribution in [1.29, 1.82) is 0 Å². The molecule has 0 radical (unpaired) electrons. The van der Waals surface area contributed by atoms with Gasteiger partial charge in [-0.05, 0) is 67.2 Å². The molecule has 148 valence electrons. The number of rotatable bonds is 4. The van der Waals surface area contributed by atoms with E-state index in [-0.39, 0.29) is 28.3 Å². The van der Waals surface area contributed by atoms with Crippen molar-refractivity contribution in [3.8, 4) is 0 Å². The molecule has 2 aromatic rings. The lowest BCUT2D eigenvalue weighted by atomic mass is 10.1. The van der Waals surface area contributed by atoms with Gasteiger partial charge in [-0.1, -0.05) is 0 Å². The summed E-state index contributed by atoms with van der Waals surface area (Å²) < 4.78 is 37.2. The lowest BCUT2D eigenvalue weighted by molar-refractivity contribution is -0.0328. The van der Waals surface area contributed by atoms with Gasteiger partial charge in [0.25, 0.3) is 5.91 Å². The Labute approximate surface area is 165 Å². The first-order chi connectivity index (χ1) is 13.2. The predicted molar refractivity (Wildman–Crippen MR) is 103 cm³/mol. The minimum absolute atomic E-state index is 0.0154. The lowest BCUT2D eigenvalue weighted by Gasteiger charge is -2.36. The zero-order valence-corrected chi connectivity index (χ0v) is 16.0. The SMILES string of the molecule is CC(=O)c1ccc(N2CCN(C(=O)c3ccc(SC(F)(F)F)cc3)CC2)cc1. The smallest absolute Gasteiger partial charge is 0.368 e. The highest BCUT2D eigenvalue weighted by Crippen LogP contribution is 2.36. The number of hydrogen-bond acceptors (Lipinski definition) is 4. The maximum Gasteiger partial charge on any atom is 0.446 e. The zero-order valence-electron chi connectivity index (χ0n) is 15.2. The van der Waals surface area contributed by atoms with E-state index < -0.39 is 5.51 Å². The average molecular weight is 408 g/mol. The fourth-order valence-corrected chi connectivity index (χ4v) is 3.60. The first-order valence-corrected chi connectivity index (χ1v) is 9.55. The molecule has 3 rings (SSSR count). The molecule has 0 spiro atoms. The molecule has 8 heteroatoms. The molecule has 1 fully saturated rings. The normalized spacial score (nSPS) is 14.9. The third-order valence-corrected chi connectivity index (χ3v) is 5.28. The van der Waals surface area contributed by atoms with E-state index in [9.17, 15) is 22.8 Å². The summed E-state index contributed by atoms with van der Waals surface area (Å²) in [6.07, 6.45) is 0. The fourth-order valence-electron chi connectivity index (χ4n) is 3.06. The Balaban J connectivity index is 1.58. The molecule has 0 N–H and O–H groups in total. The number of nitrogens with zero attached hydrogens (tertiary/aromatic N) is 2. The van der Waals surface area contributed by atoms with Crippen LogP contribution < -0.4 is 4.90 Å². The van der Waals surface area contributed by atoms with Crippen LogP contribution in [-0.2, 0) is 0 Å². The summed E-state index contributed by atoms with van der Waals surface area (Å²) in [5.41, 5.74) is -2.31. The van der Waals surface area contributed by atoms with Crippen molar-refractivity contribution < 1.29 is 22.8 Å². The number of hydrogen-bond donors (Lipinski definition) is 0. The number of alkyl halides is 3. The number of piperazine rings is 1. The Morgan fingerprint density at radius 3 is 1.89 bits per heavy atom. The van der Waals surface area contributed by atoms with Gasteiger partial charge in [-0.25, -0.2) is 0 Å². The number of benzene rings is 2. The van der Waals surface area contributed by atoms with Gasteiger partial charge in [-0.15, -0.1) is 0 Å². The third kappa shape index (κ3) is 5.07. The van der Waals surface area contributed by atoms with Gasteiger partial charge in [0.2, 0.25) is 0 Å². The number of ketones is 1. The topological polar surface area (TPSA) is 40.6 Å². The standard InChI is InChI=1S/C20H19F3N2O2S/c1-14(26)15-2-6-17(7-3-15)24-10-12-25(13-11-24)19(27)16-4-8-18(9-5-16)28-20(21,22)23/h2-9H,10-13H2,1H3. The van der Waals surface area contributed by atoms with Crippen LogP contribution in [0.2, 0.25) is 0 Å². The van der Waals surface area contributed by atoms with Crippen molar-refractivity contribution in [2.75, 3.05) is 31.1 Å². The molecule has 0 saturated carbocycles. The van der Waals surface area contributed by atoms with Crippen LogP contribution in [-0.4, -0.2) is 48.3 Å². The average Bonchev–Trinajstić information content (AvgIpc) is 2.67. The molecular weight excluding hydrogens is 389 g/mol. The predicted octanol–water partition coefficient (Wildman–Crippen LogP) is 4.46. The van der Waals surface area contributed by atoms with E-state index in [4.69, 9.17) is 0 Å². The molecule has 4 nitrogen and oxygen atoms in total. The first kappa shape index (κ1) is 20.3. The van der Waals surface area contributed by atoms with E-state index in [1.807, 2.05) is 12.1 Å². The van der Waals surface area contributed by atoms with E-state index in [0.29, 0.717) is 37.3 Å².